The minimum Gasteiger partial charge on any atom is -0.375 e. The van der Waals surface area contributed by atoms with Crippen LogP contribution in [-0.2, 0) is 17.6 Å². The summed E-state index contributed by atoms with van der Waals surface area (Å²) in [5, 5.41) is 21.7. The molecule has 152 valence electrons. The van der Waals surface area contributed by atoms with Crippen molar-refractivity contribution in [2.75, 3.05) is 24.6 Å². The summed E-state index contributed by atoms with van der Waals surface area (Å²) in [6.07, 6.45) is 0.343. The van der Waals surface area contributed by atoms with Crippen molar-refractivity contribution in [1.29, 1.82) is 5.26 Å². The Bertz CT molecular complexity index is 946. The maximum Gasteiger partial charge on any atom is 0.334 e. The summed E-state index contributed by atoms with van der Waals surface area (Å²) in [7, 11) is 0. The topological polar surface area (TPSA) is 105 Å². The summed E-state index contributed by atoms with van der Waals surface area (Å²) in [6.45, 7) is 5.06. The molecule has 0 amide bonds. The summed E-state index contributed by atoms with van der Waals surface area (Å²) in [4.78, 5) is 22.0. The van der Waals surface area contributed by atoms with E-state index in [4.69, 9.17) is 4.74 Å². The minimum atomic E-state index is -0.974. The smallest absolute Gasteiger partial charge is 0.334 e. The van der Waals surface area contributed by atoms with Crippen molar-refractivity contribution < 1.29 is 14.1 Å². The highest BCUT2D eigenvalue weighted by Gasteiger charge is 2.34. The molecule has 3 rings (SSSR count). The summed E-state index contributed by atoms with van der Waals surface area (Å²) in [5.41, 5.74) is 0.0486. The van der Waals surface area contributed by atoms with Crippen molar-refractivity contribution in [3.63, 3.8) is 0 Å². The van der Waals surface area contributed by atoms with Crippen LogP contribution in [-0.4, -0.2) is 40.7 Å². The predicted molar refractivity (Wildman–Crippen MR) is 104 cm³/mol. The molecule has 0 saturated carbocycles. The Morgan fingerprint density at radius 1 is 1.45 bits per heavy atom. The Balaban J connectivity index is 2.11. The largest absolute Gasteiger partial charge is 0.375 e. The van der Waals surface area contributed by atoms with Crippen LogP contribution in [0.2, 0.25) is 0 Å². The number of aryl methyl sites for hydroxylation is 1. The molecule has 0 N–H and O–H groups in total. The minimum absolute atomic E-state index is 0.0108. The van der Waals surface area contributed by atoms with Gasteiger partial charge in [0.2, 0.25) is 5.82 Å². The first-order chi connectivity index (χ1) is 13.9. The van der Waals surface area contributed by atoms with E-state index in [0.29, 0.717) is 37.5 Å². The van der Waals surface area contributed by atoms with E-state index in [0.717, 1.165) is 0 Å². The number of halogens is 1. The van der Waals surface area contributed by atoms with E-state index in [9.17, 15) is 19.8 Å². The van der Waals surface area contributed by atoms with Gasteiger partial charge in [-0.15, -0.1) is 0 Å². The van der Waals surface area contributed by atoms with Gasteiger partial charge in [-0.3, -0.25) is 10.1 Å². The Morgan fingerprint density at radius 3 is 2.83 bits per heavy atom. The maximum atomic E-state index is 14.1. The quantitative estimate of drug-likeness (QED) is 0.543. The molecule has 0 spiro atoms. The first-order valence-corrected chi connectivity index (χ1v) is 9.49. The Morgan fingerprint density at radius 2 is 2.21 bits per heavy atom. The summed E-state index contributed by atoms with van der Waals surface area (Å²) in [6, 6.07) is 8.17. The SMILES string of the molecule is CCc1nc(C(C#N)Cc2ccccc2F)c([N+](=O)[O-])c(N2CCOC(C)C2)n1. The highest BCUT2D eigenvalue weighted by molar-refractivity contribution is 5.62. The van der Waals surface area contributed by atoms with Crippen molar-refractivity contribution in [2.45, 2.75) is 38.7 Å². The van der Waals surface area contributed by atoms with Gasteiger partial charge >= 0.3 is 5.69 Å². The van der Waals surface area contributed by atoms with Gasteiger partial charge < -0.3 is 9.64 Å². The van der Waals surface area contributed by atoms with Crippen molar-refractivity contribution in [2.24, 2.45) is 0 Å². The molecule has 0 radical (unpaired) electrons. The molecule has 0 bridgehead atoms. The molecule has 1 aliphatic heterocycles. The van der Waals surface area contributed by atoms with Crippen LogP contribution in [0.5, 0.6) is 0 Å². The molecule has 1 aromatic carbocycles. The highest BCUT2D eigenvalue weighted by Crippen LogP contribution is 2.36. The van der Waals surface area contributed by atoms with Crippen molar-refractivity contribution in [3.8, 4) is 6.07 Å². The van der Waals surface area contributed by atoms with Crippen LogP contribution < -0.4 is 4.90 Å². The molecule has 1 saturated heterocycles. The molecule has 2 atom stereocenters. The zero-order chi connectivity index (χ0) is 21.0. The third-order valence-electron chi connectivity index (χ3n) is 4.85. The van der Waals surface area contributed by atoms with Gasteiger partial charge in [-0.25, -0.2) is 14.4 Å². The van der Waals surface area contributed by atoms with Gasteiger partial charge in [0.1, 0.15) is 17.3 Å². The Kier molecular flexibility index (Phi) is 6.34. The number of nitro groups is 1. The first kappa shape index (κ1) is 20.6. The van der Waals surface area contributed by atoms with Gasteiger partial charge in [-0.1, -0.05) is 25.1 Å². The van der Waals surface area contributed by atoms with E-state index >= 15 is 0 Å². The monoisotopic (exact) mass is 399 g/mol. The number of benzene rings is 1. The molecule has 1 aliphatic rings. The standard InChI is InChI=1S/C20H22FN5O3/c1-3-17-23-18(15(11-22)10-14-6-4-5-7-16(14)21)19(26(27)28)20(24-17)25-8-9-29-13(2)12-25/h4-7,13,15H,3,8-10,12H2,1-2H3. The fourth-order valence-corrected chi connectivity index (χ4v) is 3.40. The predicted octanol–water partition coefficient (Wildman–Crippen LogP) is 3.16. The van der Waals surface area contributed by atoms with E-state index in [2.05, 4.69) is 16.0 Å². The number of morpholine rings is 1. The maximum absolute atomic E-state index is 14.1. The van der Waals surface area contributed by atoms with E-state index in [1.165, 1.54) is 6.07 Å². The second-order valence-electron chi connectivity index (χ2n) is 6.91. The van der Waals surface area contributed by atoms with Crippen LogP contribution in [0.3, 0.4) is 0 Å². The second-order valence-corrected chi connectivity index (χ2v) is 6.91. The van der Waals surface area contributed by atoms with Gasteiger partial charge in [-0.2, -0.15) is 5.26 Å². The number of ether oxygens (including phenoxy) is 1. The molecule has 2 heterocycles. The second kappa shape index (κ2) is 8.92. The highest BCUT2D eigenvalue weighted by atomic mass is 19.1. The Labute approximate surface area is 168 Å². The number of nitriles is 1. The molecule has 1 aromatic heterocycles. The number of anilines is 1. The molecule has 8 nitrogen and oxygen atoms in total. The lowest BCUT2D eigenvalue weighted by atomic mass is 9.95. The summed E-state index contributed by atoms with van der Waals surface area (Å²) < 4.78 is 19.7. The molecule has 9 heteroatoms. The van der Waals surface area contributed by atoms with Crippen molar-refractivity contribution in [1.82, 2.24) is 9.97 Å². The van der Waals surface area contributed by atoms with Crippen molar-refractivity contribution >= 4 is 11.5 Å². The van der Waals surface area contributed by atoms with Gasteiger partial charge in [0.05, 0.1) is 29.6 Å². The third kappa shape index (κ3) is 4.49. The molecular formula is C20H22FN5O3. The molecule has 0 aliphatic carbocycles. The third-order valence-corrected chi connectivity index (χ3v) is 4.85. The fraction of sp³-hybridized carbons (Fsp3) is 0.450. The number of nitrogens with zero attached hydrogens (tertiary/aromatic N) is 5. The van der Waals surface area contributed by atoms with Crippen LogP contribution >= 0.6 is 0 Å². The lowest BCUT2D eigenvalue weighted by Gasteiger charge is -2.32. The van der Waals surface area contributed by atoms with Gasteiger partial charge in [-0.05, 0) is 25.0 Å². The van der Waals surface area contributed by atoms with E-state index in [1.807, 2.05) is 13.8 Å². The summed E-state index contributed by atoms with van der Waals surface area (Å²) >= 11 is 0. The summed E-state index contributed by atoms with van der Waals surface area (Å²) in [5.74, 6) is -0.825. The number of hydrogen-bond acceptors (Lipinski definition) is 7. The van der Waals surface area contributed by atoms with Crippen molar-refractivity contribution in [3.05, 3.63) is 57.3 Å². The molecule has 2 unspecified atom stereocenters. The normalized spacial score (nSPS) is 17.6. The van der Waals surface area contributed by atoms with Gasteiger partial charge in [0.15, 0.2) is 0 Å². The number of rotatable bonds is 6. The molecule has 2 aromatic rings. The first-order valence-electron chi connectivity index (χ1n) is 9.49. The van der Waals surface area contributed by atoms with Crippen LogP contribution in [0.4, 0.5) is 15.9 Å². The number of hydrogen-bond donors (Lipinski definition) is 0. The van der Waals surface area contributed by atoms with Crippen LogP contribution in [0.25, 0.3) is 0 Å². The zero-order valence-corrected chi connectivity index (χ0v) is 16.3. The van der Waals surface area contributed by atoms with Crippen LogP contribution in [0.15, 0.2) is 24.3 Å². The Hall–Kier alpha value is -3.12. The molecular weight excluding hydrogens is 377 g/mol. The average molecular weight is 399 g/mol. The van der Waals surface area contributed by atoms with E-state index in [1.54, 1.807) is 23.1 Å². The fourth-order valence-electron chi connectivity index (χ4n) is 3.40. The lowest BCUT2D eigenvalue weighted by molar-refractivity contribution is -0.385. The van der Waals surface area contributed by atoms with Crippen LogP contribution in [0, 0.1) is 27.3 Å². The van der Waals surface area contributed by atoms with Crippen LogP contribution in [0.1, 0.15) is 36.8 Å². The zero-order valence-electron chi connectivity index (χ0n) is 16.3. The molecule has 1 fully saturated rings. The molecule has 29 heavy (non-hydrogen) atoms. The lowest BCUT2D eigenvalue weighted by Crippen LogP contribution is -2.42. The van der Waals surface area contributed by atoms with Gasteiger partial charge in [0.25, 0.3) is 0 Å². The number of aromatic nitrogens is 2. The van der Waals surface area contributed by atoms with Gasteiger partial charge in [0, 0.05) is 19.5 Å². The van der Waals surface area contributed by atoms with E-state index < -0.39 is 16.7 Å². The average Bonchev–Trinajstić information content (AvgIpc) is 2.72. The van der Waals surface area contributed by atoms with E-state index in [-0.39, 0.29) is 29.7 Å².